The number of ketones is 1. The molecule has 1 amide bonds. The standard InChI is InChI=1S/C23H26N2O4/c1-16(26)18-6-2-3-7-19(18)24-15-23(27)25-11-4-8-20(25)17-9-10-21-22(14-17)29-13-5-12-28-21/h2-3,6-7,9-10,14,20,24H,4-5,8,11-13,15H2,1H3. The van der Waals surface area contributed by atoms with Crippen molar-refractivity contribution < 1.29 is 19.1 Å². The molecule has 0 saturated carbocycles. The van der Waals surface area contributed by atoms with Crippen LogP contribution in [0.25, 0.3) is 0 Å². The lowest BCUT2D eigenvalue weighted by molar-refractivity contribution is -0.130. The molecule has 4 rings (SSSR count). The van der Waals surface area contributed by atoms with Gasteiger partial charge in [-0.1, -0.05) is 18.2 Å². The lowest BCUT2D eigenvalue weighted by atomic mass is 10.0. The van der Waals surface area contributed by atoms with E-state index in [4.69, 9.17) is 9.47 Å². The fourth-order valence-electron chi connectivity index (χ4n) is 4.02. The number of rotatable bonds is 5. The normalized spacial score (nSPS) is 18.2. The third-order valence-electron chi connectivity index (χ3n) is 5.47. The molecule has 1 saturated heterocycles. The molecule has 2 aliphatic rings. The Morgan fingerprint density at radius 2 is 1.86 bits per heavy atom. The van der Waals surface area contributed by atoms with Crippen LogP contribution in [0.2, 0.25) is 0 Å². The van der Waals surface area contributed by atoms with Gasteiger partial charge < -0.3 is 19.7 Å². The molecule has 0 radical (unpaired) electrons. The highest BCUT2D eigenvalue weighted by Gasteiger charge is 2.30. The maximum absolute atomic E-state index is 12.9. The number of carbonyl (C=O) groups excluding carboxylic acids is 2. The van der Waals surface area contributed by atoms with Gasteiger partial charge in [-0.25, -0.2) is 0 Å². The van der Waals surface area contributed by atoms with E-state index < -0.39 is 0 Å². The number of hydrogen-bond donors (Lipinski definition) is 1. The number of Topliss-reactive ketones (excluding diaryl/α,β-unsaturated/α-hetero) is 1. The second-order valence-electron chi connectivity index (χ2n) is 7.46. The lowest BCUT2D eigenvalue weighted by Crippen LogP contribution is -2.35. The molecule has 1 N–H and O–H groups in total. The molecule has 1 fully saturated rings. The molecule has 0 spiro atoms. The van der Waals surface area contributed by atoms with Crippen molar-refractivity contribution in [3.63, 3.8) is 0 Å². The van der Waals surface area contributed by atoms with Crippen LogP contribution < -0.4 is 14.8 Å². The third kappa shape index (κ3) is 4.21. The number of fused-ring (bicyclic) bond motifs is 1. The van der Waals surface area contributed by atoms with Crippen LogP contribution in [0.1, 0.15) is 48.1 Å². The van der Waals surface area contributed by atoms with Crippen LogP contribution in [-0.2, 0) is 4.79 Å². The first kappa shape index (κ1) is 19.3. The number of likely N-dealkylation sites (tertiary alicyclic amines) is 1. The molecular weight excluding hydrogens is 368 g/mol. The number of hydrogen-bond acceptors (Lipinski definition) is 5. The van der Waals surface area contributed by atoms with E-state index >= 15 is 0 Å². The van der Waals surface area contributed by atoms with Crippen LogP contribution in [0.4, 0.5) is 5.69 Å². The molecule has 0 aliphatic carbocycles. The number of ether oxygens (including phenoxy) is 2. The molecule has 2 aromatic carbocycles. The Labute approximate surface area is 170 Å². The summed E-state index contributed by atoms with van der Waals surface area (Å²) in [7, 11) is 0. The minimum atomic E-state index is -0.0215. The zero-order valence-corrected chi connectivity index (χ0v) is 16.6. The van der Waals surface area contributed by atoms with E-state index in [0.29, 0.717) is 24.5 Å². The predicted molar refractivity (Wildman–Crippen MR) is 111 cm³/mol. The van der Waals surface area contributed by atoms with Crippen LogP contribution in [0, 0.1) is 0 Å². The van der Waals surface area contributed by atoms with Crippen LogP contribution in [-0.4, -0.2) is 42.9 Å². The second kappa shape index (κ2) is 8.55. The molecule has 0 aromatic heterocycles. The van der Waals surface area contributed by atoms with Gasteiger partial charge >= 0.3 is 0 Å². The van der Waals surface area contributed by atoms with Crippen molar-refractivity contribution in [3.05, 3.63) is 53.6 Å². The monoisotopic (exact) mass is 394 g/mol. The maximum Gasteiger partial charge on any atom is 0.242 e. The average Bonchev–Trinajstić information content (AvgIpc) is 3.11. The van der Waals surface area contributed by atoms with Crippen molar-refractivity contribution in [2.75, 3.05) is 31.6 Å². The quantitative estimate of drug-likeness (QED) is 0.781. The summed E-state index contributed by atoms with van der Waals surface area (Å²) in [5.74, 6) is 1.53. The second-order valence-corrected chi connectivity index (χ2v) is 7.46. The Morgan fingerprint density at radius 3 is 2.69 bits per heavy atom. The van der Waals surface area contributed by atoms with Crippen molar-refractivity contribution in [1.29, 1.82) is 0 Å². The molecule has 29 heavy (non-hydrogen) atoms. The van der Waals surface area contributed by atoms with Gasteiger partial charge in [0.05, 0.1) is 25.8 Å². The van der Waals surface area contributed by atoms with Gasteiger partial charge in [0.15, 0.2) is 17.3 Å². The van der Waals surface area contributed by atoms with Crippen molar-refractivity contribution in [1.82, 2.24) is 4.90 Å². The van der Waals surface area contributed by atoms with Crippen LogP contribution in [0.5, 0.6) is 11.5 Å². The number of nitrogens with zero attached hydrogens (tertiary/aromatic N) is 1. The zero-order valence-electron chi connectivity index (χ0n) is 16.6. The minimum absolute atomic E-state index is 0.0215. The first-order valence-electron chi connectivity index (χ1n) is 10.2. The highest BCUT2D eigenvalue weighted by molar-refractivity contribution is 6.00. The first-order chi connectivity index (χ1) is 14.1. The fourth-order valence-corrected chi connectivity index (χ4v) is 4.02. The number of amides is 1. The van der Waals surface area contributed by atoms with Gasteiger partial charge in [0, 0.05) is 24.2 Å². The molecular formula is C23H26N2O4. The fraction of sp³-hybridized carbons (Fsp3) is 0.391. The Balaban J connectivity index is 1.47. The largest absolute Gasteiger partial charge is 0.490 e. The van der Waals surface area contributed by atoms with Gasteiger partial charge in [-0.3, -0.25) is 9.59 Å². The molecule has 2 aromatic rings. The van der Waals surface area contributed by atoms with Crippen LogP contribution in [0.3, 0.4) is 0 Å². The summed E-state index contributed by atoms with van der Waals surface area (Å²) in [4.78, 5) is 26.7. The van der Waals surface area contributed by atoms with E-state index in [0.717, 1.165) is 42.9 Å². The van der Waals surface area contributed by atoms with E-state index in [1.165, 1.54) is 6.92 Å². The molecule has 1 atom stereocenters. The molecule has 152 valence electrons. The van der Waals surface area contributed by atoms with Crippen molar-refractivity contribution in [2.24, 2.45) is 0 Å². The van der Waals surface area contributed by atoms with E-state index in [2.05, 4.69) is 5.32 Å². The van der Waals surface area contributed by atoms with E-state index in [1.807, 2.05) is 41.3 Å². The Bertz CT molecular complexity index is 912. The van der Waals surface area contributed by atoms with E-state index in [9.17, 15) is 9.59 Å². The number of nitrogens with one attached hydrogen (secondary N) is 1. The Kier molecular flexibility index (Phi) is 5.69. The smallest absolute Gasteiger partial charge is 0.242 e. The number of anilines is 1. The number of para-hydroxylation sites is 1. The lowest BCUT2D eigenvalue weighted by Gasteiger charge is -2.26. The topological polar surface area (TPSA) is 67.9 Å². The molecule has 2 heterocycles. The number of benzene rings is 2. The van der Waals surface area contributed by atoms with Crippen LogP contribution in [0.15, 0.2) is 42.5 Å². The van der Waals surface area contributed by atoms with Gasteiger partial charge in [-0.2, -0.15) is 0 Å². The summed E-state index contributed by atoms with van der Waals surface area (Å²) in [5, 5.41) is 3.14. The minimum Gasteiger partial charge on any atom is -0.490 e. The summed E-state index contributed by atoms with van der Waals surface area (Å²) >= 11 is 0. The average molecular weight is 394 g/mol. The van der Waals surface area contributed by atoms with E-state index in [-0.39, 0.29) is 24.3 Å². The Morgan fingerprint density at radius 1 is 1.07 bits per heavy atom. The Hall–Kier alpha value is -3.02. The summed E-state index contributed by atoms with van der Waals surface area (Å²) < 4.78 is 11.5. The molecule has 0 bridgehead atoms. The van der Waals surface area contributed by atoms with Gasteiger partial charge in [0.25, 0.3) is 0 Å². The highest BCUT2D eigenvalue weighted by atomic mass is 16.5. The molecule has 6 nitrogen and oxygen atoms in total. The van der Waals surface area contributed by atoms with Gasteiger partial charge in [-0.15, -0.1) is 0 Å². The van der Waals surface area contributed by atoms with Crippen LogP contribution >= 0.6 is 0 Å². The SMILES string of the molecule is CC(=O)c1ccccc1NCC(=O)N1CCCC1c1ccc2c(c1)OCCCO2. The summed E-state index contributed by atoms with van der Waals surface area (Å²) in [6, 6.07) is 13.3. The van der Waals surface area contributed by atoms with Crippen molar-refractivity contribution in [3.8, 4) is 11.5 Å². The van der Waals surface area contributed by atoms with E-state index in [1.54, 1.807) is 6.07 Å². The molecule has 2 aliphatic heterocycles. The summed E-state index contributed by atoms with van der Waals surface area (Å²) in [6.45, 7) is 3.72. The first-order valence-corrected chi connectivity index (χ1v) is 10.2. The number of carbonyl (C=O) groups is 2. The highest BCUT2D eigenvalue weighted by Crippen LogP contribution is 2.38. The third-order valence-corrected chi connectivity index (χ3v) is 5.47. The molecule has 6 heteroatoms. The van der Waals surface area contributed by atoms with Crippen molar-refractivity contribution in [2.45, 2.75) is 32.2 Å². The molecule has 1 unspecified atom stereocenters. The van der Waals surface area contributed by atoms with Gasteiger partial charge in [-0.05, 0) is 49.6 Å². The van der Waals surface area contributed by atoms with Gasteiger partial charge in [0.1, 0.15) is 0 Å². The van der Waals surface area contributed by atoms with Gasteiger partial charge in [0.2, 0.25) is 5.91 Å². The maximum atomic E-state index is 12.9. The van der Waals surface area contributed by atoms with Crippen molar-refractivity contribution >= 4 is 17.4 Å². The zero-order chi connectivity index (χ0) is 20.2. The predicted octanol–water partition coefficient (Wildman–Crippen LogP) is 3.83. The summed E-state index contributed by atoms with van der Waals surface area (Å²) in [6.07, 6.45) is 2.76. The summed E-state index contributed by atoms with van der Waals surface area (Å²) in [5.41, 5.74) is 2.37.